The third-order valence-electron chi connectivity index (χ3n) is 3.16. The molecule has 3 N–H and O–H groups in total. The minimum absolute atomic E-state index is 0.0270. The number of nitrogens with zero attached hydrogens (tertiary/aromatic N) is 1. The maximum absolute atomic E-state index is 12.3. The predicted octanol–water partition coefficient (Wildman–Crippen LogP) is 2.41. The molecule has 0 amide bonds. The number of rotatable bonds is 4. The van der Waals surface area contributed by atoms with Crippen LogP contribution in [-0.2, 0) is 16.6 Å². The van der Waals surface area contributed by atoms with E-state index in [4.69, 9.17) is 17.3 Å². The van der Waals surface area contributed by atoms with Crippen molar-refractivity contribution in [1.82, 2.24) is 9.71 Å². The summed E-state index contributed by atoms with van der Waals surface area (Å²) in [7, 11) is -3.75. The number of nitrogens with two attached hydrogens (primary N) is 1. The van der Waals surface area contributed by atoms with Crippen LogP contribution >= 0.6 is 11.6 Å². The molecule has 0 bridgehead atoms. The summed E-state index contributed by atoms with van der Waals surface area (Å²) in [5, 5.41) is 0.145. The number of hydrogen-bond acceptors (Lipinski definition) is 4. The van der Waals surface area contributed by atoms with Gasteiger partial charge in [-0.05, 0) is 43.2 Å². The molecule has 112 valence electrons. The van der Waals surface area contributed by atoms with Gasteiger partial charge in [-0.25, -0.2) is 13.1 Å². The average molecular weight is 326 g/mol. The Kier molecular flexibility index (Phi) is 4.51. The van der Waals surface area contributed by atoms with Gasteiger partial charge in [0.15, 0.2) is 0 Å². The summed E-state index contributed by atoms with van der Waals surface area (Å²) < 4.78 is 27.1. The van der Waals surface area contributed by atoms with Gasteiger partial charge in [0.05, 0.1) is 17.3 Å². The molecule has 0 spiro atoms. The normalized spacial score (nSPS) is 11.6. The Labute approximate surface area is 129 Å². The van der Waals surface area contributed by atoms with Crippen LogP contribution in [0.1, 0.15) is 16.8 Å². The van der Waals surface area contributed by atoms with Crippen molar-refractivity contribution in [2.45, 2.75) is 25.3 Å². The highest BCUT2D eigenvalue weighted by Gasteiger charge is 2.19. The summed E-state index contributed by atoms with van der Waals surface area (Å²) in [6, 6.07) is 6.57. The van der Waals surface area contributed by atoms with E-state index in [2.05, 4.69) is 9.71 Å². The molecule has 0 saturated heterocycles. The third kappa shape index (κ3) is 3.53. The second-order valence-corrected chi connectivity index (χ2v) is 6.87. The average Bonchev–Trinajstić information content (AvgIpc) is 2.42. The van der Waals surface area contributed by atoms with Crippen LogP contribution < -0.4 is 10.5 Å². The number of pyridine rings is 1. The number of aryl methyl sites for hydroxylation is 2. The lowest BCUT2D eigenvalue weighted by atomic mass is 10.2. The number of aromatic nitrogens is 1. The molecule has 21 heavy (non-hydrogen) atoms. The molecule has 0 fully saturated rings. The van der Waals surface area contributed by atoms with Crippen LogP contribution in [0.4, 0.5) is 5.69 Å². The molecular formula is C14H16ClN3O2S. The molecule has 1 heterocycles. The summed E-state index contributed by atoms with van der Waals surface area (Å²) in [4.78, 5) is 4.12. The van der Waals surface area contributed by atoms with Crippen LogP contribution in [0.5, 0.6) is 0 Å². The summed E-state index contributed by atoms with van der Waals surface area (Å²) in [5.41, 5.74) is 8.45. The van der Waals surface area contributed by atoms with Gasteiger partial charge in [-0.15, -0.1) is 0 Å². The number of sulfonamides is 1. The summed E-state index contributed by atoms with van der Waals surface area (Å²) >= 11 is 6.01. The van der Waals surface area contributed by atoms with Crippen LogP contribution in [0, 0.1) is 13.8 Å². The second kappa shape index (κ2) is 6.01. The fraction of sp³-hybridized carbons (Fsp3) is 0.214. The summed E-state index contributed by atoms with van der Waals surface area (Å²) in [5.74, 6) is 0. The number of nitrogen functional groups attached to an aromatic ring is 1. The van der Waals surface area contributed by atoms with E-state index in [-0.39, 0.29) is 16.5 Å². The molecule has 0 aliphatic carbocycles. The lowest BCUT2D eigenvalue weighted by molar-refractivity contribution is 0.580. The van der Waals surface area contributed by atoms with Gasteiger partial charge in [-0.1, -0.05) is 17.7 Å². The lowest BCUT2D eigenvalue weighted by Crippen LogP contribution is -2.24. The minimum atomic E-state index is -3.75. The Morgan fingerprint density at radius 2 is 2.00 bits per heavy atom. The van der Waals surface area contributed by atoms with Crippen LogP contribution in [0.15, 0.2) is 35.4 Å². The zero-order valence-corrected chi connectivity index (χ0v) is 13.3. The monoisotopic (exact) mass is 325 g/mol. The van der Waals surface area contributed by atoms with Gasteiger partial charge in [0.25, 0.3) is 0 Å². The number of anilines is 1. The Morgan fingerprint density at radius 1 is 1.29 bits per heavy atom. The number of benzene rings is 1. The predicted molar refractivity (Wildman–Crippen MR) is 83.6 cm³/mol. The largest absolute Gasteiger partial charge is 0.398 e. The zero-order chi connectivity index (χ0) is 15.6. The highest BCUT2D eigenvalue weighted by Crippen LogP contribution is 2.26. The first kappa shape index (κ1) is 15.8. The number of hydrogen-bond donors (Lipinski definition) is 2. The van der Waals surface area contributed by atoms with Gasteiger partial charge >= 0.3 is 0 Å². The van der Waals surface area contributed by atoms with Gasteiger partial charge in [0, 0.05) is 11.9 Å². The van der Waals surface area contributed by atoms with Crippen LogP contribution in [0.25, 0.3) is 0 Å². The van der Waals surface area contributed by atoms with Gasteiger partial charge in [-0.3, -0.25) is 4.98 Å². The summed E-state index contributed by atoms with van der Waals surface area (Å²) in [6.07, 6.45) is 1.62. The fourth-order valence-electron chi connectivity index (χ4n) is 1.82. The van der Waals surface area contributed by atoms with Crippen molar-refractivity contribution >= 4 is 27.3 Å². The maximum Gasteiger partial charge on any atom is 0.242 e. The number of nitrogens with one attached hydrogen (secondary N) is 1. The first-order chi connectivity index (χ1) is 9.81. The Balaban J connectivity index is 2.27. The molecule has 1 aromatic carbocycles. The minimum Gasteiger partial charge on any atom is -0.398 e. The van der Waals surface area contributed by atoms with Gasteiger partial charge in [0.2, 0.25) is 10.0 Å². The molecule has 5 nitrogen and oxygen atoms in total. The van der Waals surface area contributed by atoms with E-state index in [1.807, 2.05) is 13.0 Å². The van der Waals surface area contributed by atoms with Gasteiger partial charge in [0.1, 0.15) is 4.90 Å². The third-order valence-corrected chi connectivity index (χ3v) is 5.02. The molecule has 0 radical (unpaired) electrons. The molecule has 1 aromatic heterocycles. The van der Waals surface area contributed by atoms with Crippen LogP contribution in [0.3, 0.4) is 0 Å². The molecule has 0 unspecified atom stereocenters. The van der Waals surface area contributed by atoms with Crippen molar-refractivity contribution in [2.24, 2.45) is 0 Å². The van der Waals surface area contributed by atoms with E-state index >= 15 is 0 Å². The van der Waals surface area contributed by atoms with Crippen molar-refractivity contribution in [3.63, 3.8) is 0 Å². The van der Waals surface area contributed by atoms with E-state index in [0.717, 1.165) is 11.1 Å². The molecule has 2 rings (SSSR count). The Bertz CT molecular complexity index is 776. The summed E-state index contributed by atoms with van der Waals surface area (Å²) in [6.45, 7) is 3.73. The van der Waals surface area contributed by atoms with Crippen molar-refractivity contribution < 1.29 is 8.42 Å². The van der Waals surface area contributed by atoms with E-state index in [1.165, 1.54) is 12.1 Å². The van der Waals surface area contributed by atoms with Crippen molar-refractivity contribution in [3.8, 4) is 0 Å². The smallest absolute Gasteiger partial charge is 0.242 e. The molecule has 7 heteroatoms. The Morgan fingerprint density at radius 3 is 2.67 bits per heavy atom. The van der Waals surface area contributed by atoms with Crippen LogP contribution in [-0.4, -0.2) is 13.4 Å². The highest BCUT2D eigenvalue weighted by molar-refractivity contribution is 7.89. The second-order valence-electron chi connectivity index (χ2n) is 4.73. The fourth-order valence-corrected chi connectivity index (χ4v) is 3.42. The standard InChI is InChI=1S/C14H16ClN3O2S/c1-9-4-3-5-17-13(9)8-18-21(19,20)14-7-12(16)10(2)6-11(14)15/h3-7,18H,8,16H2,1-2H3. The van der Waals surface area contributed by atoms with Crippen molar-refractivity contribution in [1.29, 1.82) is 0 Å². The van der Waals surface area contributed by atoms with Crippen molar-refractivity contribution in [3.05, 3.63) is 52.3 Å². The zero-order valence-electron chi connectivity index (χ0n) is 11.7. The van der Waals surface area contributed by atoms with E-state index in [1.54, 1.807) is 19.2 Å². The highest BCUT2D eigenvalue weighted by atomic mass is 35.5. The van der Waals surface area contributed by atoms with Crippen molar-refractivity contribution in [2.75, 3.05) is 5.73 Å². The topological polar surface area (TPSA) is 85.1 Å². The first-order valence-corrected chi connectivity index (χ1v) is 8.13. The van der Waals surface area contributed by atoms with Gasteiger partial charge < -0.3 is 5.73 Å². The maximum atomic E-state index is 12.3. The molecule has 0 aliphatic rings. The van der Waals surface area contributed by atoms with Gasteiger partial charge in [-0.2, -0.15) is 0 Å². The first-order valence-electron chi connectivity index (χ1n) is 6.27. The lowest BCUT2D eigenvalue weighted by Gasteiger charge is -2.11. The SMILES string of the molecule is Cc1cc(Cl)c(S(=O)(=O)NCc2ncccc2C)cc1N. The number of halogens is 1. The Hall–Kier alpha value is -1.63. The molecular weight excluding hydrogens is 310 g/mol. The van der Waals surface area contributed by atoms with E-state index < -0.39 is 10.0 Å². The van der Waals surface area contributed by atoms with E-state index in [0.29, 0.717) is 11.4 Å². The quantitative estimate of drug-likeness (QED) is 0.845. The molecule has 0 aliphatic heterocycles. The molecule has 0 atom stereocenters. The van der Waals surface area contributed by atoms with E-state index in [9.17, 15) is 8.42 Å². The molecule has 0 saturated carbocycles. The van der Waals surface area contributed by atoms with Crippen LogP contribution in [0.2, 0.25) is 5.02 Å². The molecule has 2 aromatic rings.